The van der Waals surface area contributed by atoms with Crippen molar-refractivity contribution in [1.29, 1.82) is 0 Å². The number of fused-ring (bicyclic) bond motifs is 1. The number of rotatable bonds is 0. The van der Waals surface area contributed by atoms with E-state index in [1.807, 2.05) is 0 Å². The highest BCUT2D eigenvalue weighted by atomic mass is 16.3. The topological polar surface area (TPSA) is 76.4 Å². The van der Waals surface area contributed by atoms with Gasteiger partial charge in [-0.05, 0) is 0 Å². The van der Waals surface area contributed by atoms with E-state index in [1.165, 1.54) is 16.9 Å². The Bertz CT molecular complexity index is 394. The van der Waals surface area contributed by atoms with Crippen LogP contribution in [0.25, 0.3) is 5.65 Å². The van der Waals surface area contributed by atoms with Crippen LogP contribution in [-0.4, -0.2) is 19.7 Å². The van der Waals surface area contributed by atoms with Gasteiger partial charge in [0.25, 0.3) is 0 Å². The van der Waals surface area contributed by atoms with Gasteiger partial charge in [0, 0.05) is 6.07 Å². The minimum Gasteiger partial charge on any atom is -0.492 e. The van der Waals surface area contributed by atoms with Gasteiger partial charge >= 0.3 is 0 Å². The van der Waals surface area contributed by atoms with Crippen molar-refractivity contribution in [2.45, 2.75) is 0 Å². The van der Waals surface area contributed by atoms with Gasteiger partial charge < -0.3 is 10.8 Å². The van der Waals surface area contributed by atoms with Crippen molar-refractivity contribution in [3.8, 4) is 5.88 Å². The molecule has 0 aromatic carbocycles. The molecule has 0 radical (unpaired) electrons. The van der Waals surface area contributed by atoms with E-state index in [2.05, 4.69) is 10.1 Å². The third-order valence-electron chi connectivity index (χ3n) is 1.36. The first kappa shape index (κ1) is 5.96. The van der Waals surface area contributed by atoms with E-state index < -0.39 is 0 Å². The fourth-order valence-electron chi connectivity index (χ4n) is 0.878. The van der Waals surface area contributed by atoms with E-state index in [0.29, 0.717) is 11.3 Å². The molecule has 0 unspecified atom stereocenters. The number of nitrogens with zero attached hydrogens (tertiary/aromatic N) is 3. The minimum atomic E-state index is 0.0139. The number of hydrogen-bond donors (Lipinski definition) is 2. The van der Waals surface area contributed by atoms with Crippen molar-refractivity contribution >= 4 is 11.3 Å². The van der Waals surface area contributed by atoms with E-state index in [0.717, 1.165) is 0 Å². The monoisotopic (exact) mass is 150 g/mol. The van der Waals surface area contributed by atoms with Gasteiger partial charge in [0.05, 0.1) is 18.1 Å². The molecule has 0 bridgehead atoms. The lowest BCUT2D eigenvalue weighted by molar-refractivity contribution is 0.439. The maximum Gasteiger partial charge on any atom is 0.233 e. The second-order valence-electron chi connectivity index (χ2n) is 2.18. The number of nitrogens with two attached hydrogens (primary N) is 1. The van der Waals surface area contributed by atoms with Gasteiger partial charge in [-0.15, -0.1) is 0 Å². The van der Waals surface area contributed by atoms with Crippen molar-refractivity contribution in [1.82, 2.24) is 14.6 Å². The van der Waals surface area contributed by atoms with Crippen LogP contribution in [0.5, 0.6) is 5.88 Å². The summed E-state index contributed by atoms with van der Waals surface area (Å²) in [7, 11) is 0. The van der Waals surface area contributed by atoms with Gasteiger partial charge in [0.2, 0.25) is 5.88 Å². The predicted molar refractivity (Wildman–Crippen MR) is 39.1 cm³/mol. The largest absolute Gasteiger partial charge is 0.492 e. The molecule has 2 aromatic heterocycles. The fourth-order valence-corrected chi connectivity index (χ4v) is 0.878. The highest BCUT2D eigenvalue weighted by Crippen LogP contribution is 2.11. The molecule has 2 rings (SSSR count). The summed E-state index contributed by atoms with van der Waals surface area (Å²) in [5, 5.41) is 12.9. The third kappa shape index (κ3) is 0.778. The normalized spacial score (nSPS) is 10.5. The number of aromatic hydroxyl groups is 1. The molecule has 2 aromatic rings. The molecule has 5 heteroatoms. The summed E-state index contributed by atoms with van der Waals surface area (Å²) in [6, 6.07) is 1.63. The van der Waals surface area contributed by atoms with Gasteiger partial charge in [0.1, 0.15) is 0 Å². The minimum absolute atomic E-state index is 0.0139. The maximum atomic E-state index is 9.10. The third-order valence-corrected chi connectivity index (χ3v) is 1.36. The van der Waals surface area contributed by atoms with Gasteiger partial charge in [-0.3, -0.25) is 0 Å². The van der Waals surface area contributed by atoms with Gasteiger partial charge in [-0.1, -0.05) is 0 Å². The van der Waals surface area contributed by atoms with Crippen LogP contribution in [0.4, 0.5) is 5.69 Å². The number of aromatic nitrogens is 3. The molecule has 0 saturated carbocycles. The zero-order valence-corrected chi connectivity index (χ0v) is 5.60. The van der Waals surface area contributed by atoms with Gasteiger partial charge in [-0.25, -0.2) is 4.98 Å². The Balaban J connectivity index is 2.86. The molecular weight excluding hydrogens is 144 g/mol. The summed E-state index contributed by atoms with van der Waals surface area (Å²) in [6.45, 7) is 0. The van der Waals surface area contributed by atoms with Crippen LogP contribution in [-0.2, 0) is 0 Å². The molecule has 3 N–H and O–H groups in total. The Hall–Kier alpha value is -1.78. The summed E-state index contributed by atoms with van der Waals surface area (Å²) in [6.07, 6.45) is 2.77. The van der Waals surface area contributed by atoms with Crippen LogP contribution in [0.15, 0.2) is 18.5 Å². The Kier molecular flexibility index (Phi) is 1.00. The van der Waals surface area contributed by atoms with Crippen molar-refractivity contribution in [3.05, 3.63) is 18.5 Å². The van der Waals surface area contributed by atoms with E-state index in [9.17, 15) is 0 Å². The van der Waals surface area contributed by atoms with Gasteiger partial charge in [0.15, 0.2) is 5.65 Å². The molecule has 0 aliphatic heterocycles. The zero-order valence-electron chi connectivity index (χ0n) is 5.60. The maximum absolute atomic E-state index is 9.10. The first-order valence-corrected chi connectivity index (χ1v) is 3.05. The average molecular weight is 150 g/mol. The summed E-state index contributed by atoms with van der Waals surface area (Å²) in [4.78, 5) is 3.85. The summed E-state index contributed by atoms with van der Waals surface area (Å²) in [5.41, 5.74) is 6.51. The molecule has 0 aliphatic rings. The smallest absolute Gasteiger partial charge is 0.233 e. The first-order valence-electron chi connectivity index (χ1n) is 3.05. The van der Waals surface area contributed by atoms with Gasteiger partial charge in [-0.2, -0.15) is 9.61 Å². The van der Waals surface area contributed by atoms with Crippen molar-refractivity contribution in [2.75, 3.05) is 5.73 Å². The molecular formula is C6H6N4O. The highest BCUT2D eigenvalue weighted by molar-refractivity contribution is 5.50. The van der Waals surface area contributed by atoms with E-state index in [4.69, 9.17) is 10.8 Å². The number of anilines is 1. The van der Waals surface area contributed by atoms with Crippen LogP contribution in [0.1, 0.15) is 0 Å². The second kappa shape index (κ2) is 1.85. The lowest BCUT2D eigenvalue weighted by Crippen LogP contribution is -1.93. The molecule has 56 valence electrons. The first-order chi connectivity index (χ1) is 5.27. The van der Waals surface area contributed by atoms with Crippen molar-refractivity contribution in [2.24, 2.45) is 0 Å². The lowest BCUT2D eigenvalue weighted by Gasteiger charge is -1.93. The molecule has 0 atom stereocenters. The highest BCUT2D eigenvalue weighted by Gasteiger charge is 2.00. The predicted octanol–water partition coefficient (Wildman–Crippen LogP) is 0.0171. The Labute approximate surface area is 62.1 Å². The molecule has 11 heavy (non-hydrogen) atoms. The van der Waals surface area contributed by atoms with Crippen LogP contribution in [0.3, 0.4) is 0 Å². The summed E-state index contributed by atoms with van der Waals surface area (Å²) >= 11 is 0. The molecule has 0 saturated heterocycles. The van der Waals surface area contributed by atoms with Crippen LogP contribution >= 0.6 is 0 Å². The van der Waals surface area contributed by atoms with Crippen LogP contribution in [0, 0.1) is 0 Å². The quantitative estimate of drug-likeness (QED) is 0.555. The summed E-state index contributed by atoms with van der Waals surface area (Å²) < 4.78 is 1.30. The Morgan fingerprint density at radius 2 is 2.27 bits per heavy atom. The molecule has 5 nitrogen and oxygen atoms in total. The van der Waals surface area contributed by atoms with Crippen LogP contribution < -0.4 is 5.73 Å². The number of hydrogen-bond acceptors (Lipinski definition) is 4. The SMILES string of the molecule is Nc1cnn2c(O)cnc2c1. The van der Waals surface area contributed by atoms with E-state index in [-0.39, 0.29) is 5.88 Å². The number of imidazole rings is 1. The Morgan fingerprint density at radius 3 is 3.09 bits per heavy atom. The fraction of sp³-hybridized carbons (Fsp3) is 0. The summed E-state index contributed by atoms with van der Waals surface area (Å²) in [5.74, 6) is 0.0139. The van der Waals surface area contributed by atoms with E-state index >= 15 is 0 Å². The second-order valence-corrected chi connectivity index (χ2v) is 2.18. The standard InChI is InChI=1S/C6H6N4O/c7-4-1-5-8-3-6(11)10(5)9-2-4/h1-3,11H,7H2. The molecule has 0 fully saturated rings. The molecule has 0 aliphatic carbocycles. The van der Waals surface area contributed by atoms with E-state index in [1.54, 1.807) is 6.07 Å². The van der Waals surface area contributed by atoms with Crippen molar-refractivity contribution < 1.29 is 5.11 Å². The average Bonchev–Trinajstić information content (AvgIpc) is 2.32. The Morgan fingerprint density at radius 1 is 1.45 bits per heavy atom. The van der Waals surface area contributed by atoms with Crippen LogP contribution in [0.2, 0.25) is 0 Å². The molecule has 0 spiro atoms. The number of nitrogen functional groups attached to an aromatic ring is 1. The van der Waals surface area contributed by atoms with Crippen molar-refractivity contribution in [3.63, 3.8) is 0 Å². The molecule has 0 amide bonds. The lowest BCUT2D eigenvalue weighted by atomic mass is 10.5. The molecule has 2 heterocycles. The zero-order chi connectivity index (χ0) is 7.84.